The molecule has 0 atom stereocenters. The molecule has 0 spiro atoms. The first kappa shape index (κ1) is 23.7. The molecule has 0 saturated heterocycles. The van der Waals surface area contributed by atoms with Crippen LogP contribution in [-0.4, -0.2) is 43.3 Å². The van der Waals surface area contributed by atoms with E-state index in [2.05, 4.69) is 15.8 Å². The Hall–Kier alpha value is -2.96. The van der Waals surface area contributed by atoms with Crippen molar-refractivity contribution in [3.05, 3.63) is 71.7 Å². The van der Waals surface area contributed by atoms with Crippen LogP contribution in [0.5, 0.6) is 0 Å². The van der Waals surface area contributed by atoms with Gasteiger partial charge >= 0.3 is 6.18 Å². The Kier molecular flexibility index (Phi) is 7.48. The Morgan fingerprint density at radius 2 is 1.94 bits per heavy atom. The van der Waals surface area contributed by atoms with Crippen molar-refractivity contribution in [2.45, 2.75) is 24.0 Å². The van der Waals surface area contributed by atoms with E-state index in [1.165, 1.54) is 0 Å². The molecule has 12 heteroatoms. The zero-order valence-corrected chi connectivity index (χ0v) is 17.6. The lowest BCUT2D eigenvalue weighted by Gasteiger charge is -2.26. The number of nitrogens with zero attached hydrogens (tertiary/aromatic N) is 2. The monoisotopic (exact) mass is 470 g/mol. The van der Waals surface area contributed by atoms with Crippen LogP contribution in [0.3, 0.4) is 0 Å². The molecule has 0 fully saturated rings. The molecule has 32 heavy (non-hydrogen) atoms. The van der Waals surface area contributed by atoms with E-state index in [4.69, 9.17) is 4.84 Å². The van der Waals surface area contributed by atoms with Crippen molar-refractivity contribution in [2.75, 3.05) is 19.7 Å². The molecule has 0 saturated carbocycles. The average Bonchev–Trinajstić information content (AvgIpc) is 2.78. The second-order valence-corrected chi connectivity index (χ2v) is 8.83. The molecule has 1 aromatic heterocycles. The second-order valence-electron chi connectivity index (χ2n) is 6.89. The fourth-order valence-electron chi connectivity index (χ4n) is 2.89. The fraction of sp³-hybridized carbons (Fsp3) is 0.300. The Balaban J connectivity index is 1.48. The van der Waals surface area contributed by atoms with Gasteiger partial charge in [-0.15, -0.1) is 0 Å². The van der Waals surface area contributed by atoms with E-state index in [1.807, 2.05) is 0 Å². The van der Waals surface area contributed by atoms with Gasteiger partial charge in [0, 0.05) is 44.1 Å². The van der Waals surface area contributed by atoms with E-state index in [0.717, 1.165) is 28.1 Å². The normalized spacial score (nSPS) is 15.2. The second kappa shape index (κ2) is 10.1. The first-order chi connectivity index (χ1) is 15.2. The van der Waals surface area contributed by atoms with Crippen molar-refractivity contribution in [3.8, 4) is 0 Å². The first-order valence-electron chi connectivity index (χ1n) is 9.56. The van der Waals surface area contributed by atoms with Crippen molar-refractivity contribution >= 4 is 15.9 Å². The first-order valence-corrected chi connectivity index (χ1v) is 11.0. The molecule has 3 rings (SSSR count). The van der Waals surface area contributed by atoms with Gasteiger partial charge in [0.05, 0.1) is 10.5 Å². The zero-order valence-electron chi connectivity index (χ0n) is 16.8. The van der Waals surface area contributed by atoms with Crippen LogP contribution in [-0.2, 0) is 32.4 Å². The molecule has 1 aliphatic heterocycles. The van der Waals surface area contributed by atoms with Crippen LogP contribution >= 0.6 is 0 Å². The summed E-state index contributed by atoms with van der Waals surface area (Å²) in [6.45, 7) is 0.0813. The summed E-state index contributed by atoms with van der Waals surface area (Å²) < 4.78 is 65.1. The van der Waals surface area contributed by atoms with Gasteiger partial charge in [0.2, 0.25) is 15.9 Å². The highest BCUT2D eigenvalue weighted by Crippen LogP contribution is 2.31. The lowest BCUT2D eigenvalue weighted by atomic mass is 10.2. The maximum atomic E-state index is 12.9. The van der Waals surface area contributed by atoms with Crippen LogP contribution in [0.25, 0.3) is 0 Å². The predicted molar refractivity (Wildman–Crippen MR) is 108 cm³/mol. The Morgan fingerprint density at radius 3 is 2.59 bits per heavy atom. The van der Waals surface area contributed by atoms with Gasteiger partial charge in [-0.2, -0.15) is 17.5 Å². The van der Waals surface area contributed by atoms with Gasteiger partial charge in [0.1, 0.15) is 0 Å². The number of hydrogen-bond acceptors (Lipinski definition) is 6. The number of amides is 1. The Bertz CT molecular complexity index is 1080. The molecule has 172 valence electrons. The summed E-state index contributed by atoms with van der Waals surface area (Å²) in [5.74, 6) is -0.348. The molecule has 0 radical (unpaired) electrons. The number of pyridine rings is 1. The maximum Gasteiger partial charge on any atom is 0.416 e. The molecular formula is C20H21F3N4O4S. The Labute approximate surface area is 183 Å². The molecule has 2 N–H and O–H groups in total. The lowest BCUT2D eigenvalue weighted by Crippen LogP contribution is -2.37. The number of hydroxylamine groups is 1. The summed E-state index contributed by atoms with van der Waals surface area (Å²) in [5.41, 5.74) is 3.05. The van der Waals surface area contributed by atoms with Crippen LogP contribution in [0.1, 0.15) is 17.5 Å². The summed E-state index contributed by atoms with van der Waals surface area (Å²) in [6.07, 6.45) is 0.393. The van der Waals surface area contributed by atoms with Gasteiger partial charge in [-0.1, -0.05) is 6.07 Å². The van der Waals surface area contributed by atoms with E-state index in [1.54, 1.807) is 30.6 Å². The van der Waals surface area contributed by atoms with E-state index < -0.39 is 26.7 Å². The maximum absolute atomic E-state index is 12.9. The zero-order chi connectivity index (χ0) is 23.2. The highest BCUT2D eigenvalue weighted by atomic mass is 32.2. The number of carbonyl (C=O) groups excluding carboxylic acids is 1. The number of sulfonamides is 1. The standard InChI is InChI=1S/C20H21F3N4O4S/c21-20(22,23)16-2-1-3-18(12-16)32(29,30)27-10-6-17(7-11-27)26-31-14-19(28)25-13-15-4-8-24-9-5-15/h1-6,8-9,12,26H,7,10-11,13-14H2,(H,25,28). The number of hydrogen-bond donors (Lipinski definition) is 2. The molecule has 1 aliphatic rings. The molecule has 0 aliphatic carbocycles. The summed E-state index contributed by atoms with van der Waals surface area (Å²) in [4.78, 5) is 20.4. The van der Waals surface area contributed by atoms with E-state index in [-0.39, 0.29) is 32.0 Å². The minimum absolute atomic E-state index is 0.0431. The molecule has 2 heterocycles. The molecule has 8 nitrogen and oxygen atoms in total. The number of alkyl halides is 3. The van der Waals surface area contributed by atoms with Gasteiger partial charge in [0.25, 0.3) is 0 Å². The fourth-order valence-corrected chi connectivity index (χ4v) is 4.32. The lowest BCUT2D eigenvalue weighted by molar-refractivity contribution is -0.137. The van der Waals surface area contributed by atoms with Crippen molar-refractivity contribution in [1.29, 1.82) is 0 Å². The topological polar surface area (TPSA) is 101 Å². The number of nitrogens with one attached hydrogen (secondary N) is 2. The third kappa shape index (κ3) is 6.28. The average molecular weight is 470 g/mol. The predicted octanol–water partition coefficient (Wildman–Crippen LogP) is 2.22. The van der Waals surface area contributed by atoms with E-state index >= 15 is 0 Å². The van der Waals surface area contributed by atoms with Crippen molar-refractivity contribution in [1.82, 2.24) is 20.1 Å². The van der Waals surface area contributed by atoms with E-state index in [9.17, 15) is 26.4 Å². The quantitative estimate of drug-likeness (QED) is 0.574. The molecule has 0 unspecified atom stereocenters. The molecule has 1 aromatic carbocycles. The molecule has 0 bridgehead atoms. The SMILES string of the molecule is O=C(CONC1=CCN(S(=O)(=O)c2cccc(C(F)(F)F)c2)CC1)NCc1ccncc1. The van der Waals surface area contributed by atoms with Crippen LogP contribution in [0.4, 0.5) is 13.2 Å². The molecular weight excluding hydrogens is 449 g/mol. The van der Waals surface area contributed by atoms with Gasteiger partial charge in [-0.25, -0.2) is 8.42 Å². The third-order valence-corrected chi connectivity index (χ3v) is 6.48. The van der Waals surface area contributed by atoms with Crippen molar-refractivity contribution in [3.63, 3.8) is 0 Å². The van der Waals surface area contributed by atoms with Crippen molar-refractivity contribution < 1.29 is 31.2 Å². The summed E-state index contributed by atoms with van der Waals surface area (Å²) in [5, 5.41) is 2.68. The highest BCUT2D eigenvalue weighted by molar-refractivity contribution is 7.89. The molecule has 2 aromatic rings. The minimum atomic E-state index is -4.63. The summed E-state index contributed by atoms with van der Waals surface area (Å²) in [7, 11) is -4.08. The number of rotatable bonds is 8. The van der Waals surface area contributed by atoms with Crippen LogP contribution in [0.2, 0.25) is 0 Å². The van der Waals surface area contributed by atoms with Crippen LogP contribution < -0.4 is 10.8 Å². The van der Waals surface area contributed by atoms with Crippen LogP contribution in [0.15, 0.2) is 65.5 Å². The summed E-state index contributed by atoms with van der Waals surface area (Å²) in [6, 6.07) is 7.19. The van der Waals surface area contributed by atoms with Crippen molar-refractivity contribution in [2.24, 2.45) is 0 Å². The Morgan fingerprint density at radius 1 is 1.19 bits per heavy atom. The van der Waals surface area contributed by atoms with Gasteiger partial charge in [0.15, 0.2) is 6.61 Å². The number of halogens is 3. The van der Waals surface area contributed by atoms with Crippen LogP contribution in [0, 0.1) is 0 Å². The highest BCUT2D eigenvalue weighted by Gasteiger charge is 2.33. The van der Waals surface area contributed by atoms with Gasteiger partial charge in [-0.05, 0) is 42.0 Å². The minimum Gasteiger partial charge on any atom is -0.350 e. The van der Waals surface area contributed by atoms with E-state index in [0.29, 0.717) is 18.3 Å². The van der Waals surface area contributed by atoms with Gasteiger partial charge < -0.3 is 5.32 Å². The number of aromatic nitrogens is 1. The third-order valence-electron chi connectivity index (χ3n) is 4.62. The number of carbonyl (C=O) groups is 1. The van der Waals surface area contributed by atoms with Gasteiger partial charge in [-0.3, -0.25) is 20.1 Å². The number of benzene rings is 1. The largest absolute Gasteiger partial charge is 0.416 e. The summed E-state index contributed by atoms with van der Waals surface area (Å²) >= 11 is 0. The molecule has 1 amide bonds. The smallest absolute Gasteiger partial charge is 0.350 e.